The Morgan fingerprint density at radius 3 is 2.56 bits per heavy atom. The number of hydrogen-bond acceptors (Lipinski definition) is 3. The Hall–Kier alpha value is -2.54. The molecule has 1 aromatic carbocycles. The zero-order valence-corrected chi connectivity index (χ0v) is 14.2. The van der Waals surface area contributed by atoms with E-state index in [1.54, 1.807) is 37.0 Å². The summed E-state index contributed by atoms with van der Waals surface area (Å²) in [5, 5.41) is 3.18. The molecule has 0 aliphatic heterocycles. The third-order valence-corrected chi connectivity index (χ3v) is 4.12. The fraction of sp³-hybridized carbons (Fsp3) is 0.176. The van der Waals surface area contributed by atoms with Gasteiger partial charge in [-0.3, -0.25) is 0 Å². The first kappa shape index (κ1) is 17.3. The van der Waals surface area contributed by atoms with Gasteiger partial charge in [0.15, 0.2) is 0 Å². The van der Waals surface area contributed by atoms with Gasteiger partial charge in [0.25, 0.3) is 0 Å². The van der Waals surface area contributed by atoms with Crippen molar-refractivity contribution in [3.63, 3.8) is 0 Å². The number of halogens is 4. The highest BCUT2D eigenvalue weighted by Gasteiger charge is 2.31. The summed E-state index contributed by atoms with van der Waals surface area (Å²) < 4.78 is 40.7. The van der Waals surface area contributed by atoms with E-state index in [-0.39, 0.29) is 5.02 Å². The van der Waals surface area contributed by atoms with Gasteiger partial charge in [0.2, 0.25) is 0 Å². The summed E-state index contributed by atoms with van der Waals surface area (Å²) in [6.07, 6.45) is -1.28. The Morgan fingerprint density at radius 2 is 1.88 bits per heavy atom. The molecule has 0 bridgehead atoms. The van der Waals surface area contributed by atoms with Crippen LogP contribution in [-0.4, -0.2) is 21.6 Å². The molecule has 0 fully saturated rings. The van der Waals surface area contributed by atoms with E-state index in [2.05, 4.69) is 15.3 Å². The lowest BCUT2D eigenvalue weighted by Crippen LogP contribution is -2.04. The van der Waals surface area contributed by atoms with Gasteiger partial charge in [-0.15, -0.1) is 0 Å². The molecule has 0 radical (unpaired) electrons. The van der Waals surface area contributed by atoms with Gasteiger partial charge in [-0.25, -0.2) is 9.97 Å². The van der Waals surface area contributed by atoms with Gasteiger partial charge in [-0.2, -0.15) is 13.2 Å². The van der Waals surface area contributed by atoms with Crippen LogP contribution in [0.4, 0.5) is 19.0 Å². The zero-order valence-electron chi connectivity index (χ0n) is 13.4. The fourth-order valence-electron chi connectivity index (χ4n) is 2.52. The highest BCUT2D eigenvalue weighted by Crippen LogP contribution is 2.37. The zero-order chi connectivity index (χ0) is 18.2. The van der Waals surface area contributed by atoms with E-state index >= 15 is 0 Å². The second-order valence-corrected chi connectivity index (χ2v) is 5.86. The van der Waals surface area contributed by atoms with Crippen molar-refractivity contribution >= 4 is 17.4 Å². The topological polar surface area (TPSA) is 42.7 Å². The van der Waals surface area contributed by atoms with Crippen LogP contribution in [0.3, 0.4) is 0 Å². The third kappa shape index (κ3) is 3.46. The molecule has 0 spiro atoms. The van der Waals surface area contributed by atoms with Crippen molar-refractivity contribution in [2.24, 2.45) is 7.05 Å². The normalized spacial score (nSPS) is 11.6. The fourth-order valence-corrected chi connectivity index (χ4v) is 2.75. The van der Waals surface area contributed by atoms with Crippen LogP contribution in [0, 0.1) is 0 Å². The number of nitrogens with zero attached hydrogens (tertiary/aromatic N) is 3. The minimum Gasteiger partial charge on any atom is -0.373 e. The first-order valence-corrected chi connectivity index (χ1v) is 7.71. The van der Waals surface area contributed by atoms with Crippen LogP contribution in [0.25, 0.3) is 22.5 Å². The van der Waals surface area contributed by atoms with Gasteiger partial charge in [0, 0.05) is 42.5 Å². The van der Waals surface area contributed by atoms with Crippen LogP contribution in [0.15, 0.2) is 42.9 Å². The van der Waals surface area contributed by atoms with Crippen LogP contribution in [0.2, 0.25) is 5.02 Å². The van der Waals surface area contributed by atoms with Crippen LogP contribution < -0.4 is 5.32 Å². The second kappa shape index (κ2) is 6.40. The number of aryl methyl sites for hydroxylation is 1. The Kier molecular flexibility index (Phi) is 4.43. The molecule has 3 rings (SSSR count). The van der Waals surface area contributed by atoms with E-state index in [0.717, 1.165) is 17.8 Å². The maximum absolute atomic E-state index is 13.0. The van der Waals surface area contributed by atoms with Crippen molar-refractivity contribution < 1.29 is 13.2 Å². The lowest BCUT2D eigenvalue weighted by atomic mass is 10.0. The molecular weight excluding hydrogens is 353 g/mol. The Labute approximate surface area is 147 Å². The summed E-state index contributed by atoms with van der Waals surface area (Å²) in [5.74, 6) is 0.643. The van der Waals surface area contributed by atoms with Crippen molar-refractivity contribution in [1.29, 1.82) is 0 Å². The van der Waals surface area contributed by atoms with Gasteiger partial charge >= 0.3 is 6.18 Å². The molecule has 0 unspecified atom stereocenters. The Balaban J connectivity index is 2.09. The second-order valence-electron chi connectivity index (χ2n) is 5.46. The van der Waals surface area contributed by atoms with E-state index in [4.69, 9.17) is 11.6 Å². The first-order chi connectivity index (χ1) is 11.8. The van der Waals surface area contributed by atoms with Gasteiger partial charge in [0.1, 0.15) is 12.1 Å². The molecule has 0 saturated carbocycles. The number of rotatable bonds is 3. The maximum atomic E-state index is 13.0. The number of anilines is 1. The molecule has 0 aliphatic rings. The molecule has 25 heavy (non-hydrogen) atoms. The summed E-state index contributed by atoms with van der Waals surface area (Å²) in [5.41, 5.74) is 1.55. The van der Waals surface area contributed by atoms with Crippen LogP contribution >= 0.6 is 11.6 Å². The molecule has 130 valence electrons. The van der Waals surface area contributed by atoms with E-state index in [1.165, 1.54) is 12.4 Å². The maximum Gasteiger partial charge on any atom is 0.416 e. The first-order valence-electron chi connectivity index (χ1n) is 7.33. The third-order valence-electron chi connectivity index (χ3n) is 3.80. The monoisotopic (exact) mass is 366 g/mol. The van der Waals surface area contributed by atoms with E-state index in [9.17, 15) is 13.2 Å². The largest absolute Gasteiger partial charge is 0.416 e. The van der Waals surface area contributed by atoms with Gasteiger partial charge in [0.05, 0.1) is 17.0 Å². The SMILES string of the molecule is CNc1cc(-c2cc(-c3cc(C(F)(F)F)ccc3Cl)cn2C)ncn1. The molecule has 4 nitrogen and oxygen atoms in total. The molecule has 0 saturated heterocycles. The Morgan fingerprint density at radius 1 is 1.12 bits per heavy atom. The standard InChI is InChI=1S/C17H14ClF3N4/c1-22-16-7-14(23-9-24-16)15-5-10(8-25(15)2)12-6-11(17(19,20)21)3-4-13(12)18/h3-9H,1-2H3,(H,22,23,24). The van der Waals surface area contributed by atoms with Crippen molar-refractivity contribution in [3.8, 4) is 22.5 Å². The van der Waals surface area contributed by atoms with Crippen LogP contribution in [0.1, 0.15) is 5.56 Å². The Bertz CT molecular complexity index is 918. The van der Waals surface area contributed by atoms with E-state index in [0.29, 0.717) is 22.6 Å². The highest BCUT2D eigenvalue weighted by molar-refractivity contribution is 6.33. The summed E-state index contributed by atoms with van der Waals surface area (Å²) >= 11 is 6.12. The van der Waals surface area contributed by atoms with Crippen LogP contribution in [0.5, 0.6) is 0 Å². The average Bonchev–Trinajstić information content (AvgIpc) is 2.96. The van der Waals surface area contributed by atoms with Crippen molar-refractivity contribution in [2.45, 2.75) is 6.18 Å². The van der Waals surface area contributed by atoms with Crippen molar-refractivity contribution in [2.75, 3.05) is 12.4 Å². The van der Waals surface area contributed by atoms with Crippen molar-refractivity contribution in [3.05, 3.63) is 53.4 Å². The quantitative estimate of drug-likeness (QED) is 0.719. The molecular formula is C17H14ClF3N4. The lowest BCUT2D eigenvalue weighted by molar-refractivity contribution is -0.137. The molecule has 0 aliphatic carbocycles. The molecule has 3 aromatic rings. The average molecular weight is 367 g/mol. The highest BCUT2D eigenvalue weighted by atomic mass is 35.5. The van der Waals surface area contributed by atoms with E-state index < -0.39 is 11.7 Å². The summed E-state index contributed by atoms with van der Waals surface area (Å²) in [6, 6.07) is 6.80. The number of nitrogens with one attached hydrogen (secondary N) is 1. The molecule has 2 aromatic heterocycles. The molecule has 2 heterocycles. The predicted molar refractivity (Wildman–Crippen MR) is 91.4 cm³/mol. The smallest absolute Gasteiger partial charge is 0.373 e. The molecule has 1 N–H and O–H groups in total. The predicted octanol–water partition coefficient (Wildman–Crippen LogP) is 4.86. The minimum absolute atomic E-state index is 0.253. The number of benzene rings is 1. The van der Waals surface area contributed by atoms with Gasteiger partial charge < -0.3 is 9.88 Å². The lowest BCUT2D eigenvalue weighted by Gasteiger charge is -2.09. The molecule has 8 heteroatoms. The molecule has 0 atom stereocenters. The minimum atomic E-state index is -4.43. The van der Waals surface area contributed by atoms with Gasteiger partial charge in [-0.05, 0) is 24.3 Å². The summed E-state index contributed by atoms with van der Waals surface area (Å²) in [7, 11) is 3.53. The summed E-state index contributed by atoms with van der Waals surface area (Å²) in [6.45, 7) is 0. The number of hydrogen-bond donors (Lipinski definition) is 1. The summed E-state index contributed by atoms with van der Waals surface area (Å²) in [4.78, 5) is 8.27. The molecule has 0 amide bonds. The van der Waals surface area contributed by atoms with Crippen molar-refractivity contribution in [1.82, 2.24) is 14.5 Å². The number of alkyl halides is 3. The van der Waals surface area contributed by atoms with Gasteiger partial charge in [-0.1, -0.05) is 11.6 Å². The van der Waals surface area contributed by atoms with E-state index in [1.807, 2.05) is 0 Å². The number of aromatic nitrogens is 3. The van der Waals surface area contributed by atoms with Crippen LogP contribution in [-0.2, 0) is 13.2 Å².